The van der Waals surface area contributed by atoms with Crippen molar-refractivity contribution in [3.05, 3.63) is 18.7 Å². The number of aromatic nitrogens is 6. The number of fused-ring (bicyclic) bond motifs is 1. The Bertz CT molecular complexity index is 1240. The van der Waals surface area contributed by atoms with E-state index in [1.807, 2.05) is 20.9 Å². The highest BCUT2D eigenvalue weighted by atomic mass is 32.2. The Morgan fingerprint density at radius 1 is 1.36 bits per heavy atom. The first-order chi connectivity index (χ1) is 17.2. The van der Waals surface area contributed by atoms with Crippen LogP contribution in [0.25, 0.3) is 16.9 Å². The van der Waals surface area contributed by atoms with E-state index in [0.717, 1.165) is 18.7 Å². The minimum atomic E-state index is -3.27. The van der Waals surface area contributed by atoms with Gasteiger partial charge in [-0.15, -0.1) is 5.10 Å². The molecule has 0 amide bonds. The molecule has 1 unspecified atom stereocenters. The monoisotopic (exact) mass is 519 g/mol. The fourth-order valence-corrected chi connectivity index (χ4v) is 5.97. The molecule has 36 heavy (non-hydrogen) atoms. The summed E-state index contributed by atoms with van der Waals surface area (Å²) in [7, 11) is -1.26. The van der Waals surface area contributed by atoms with Crippen molar-refractivity contribution in [2.75, 3.05) is 44.3 Å². The molecule has 0 saturated carbocycles. The van der Waals surface area contributed by atoms with Gasteiger partial charge in [-0.3, -0.25) is 5.10 Å². The molecule has 0 aliphatic carbocycles. The van der Waals surface area contributed by atoms with Crippen molar-refractivity contribution in [1.29, 1.82) is 0 Å². The summed E-state index contributed by atoms with van der Waals surface area (Å²) < 4.78 is 35.1. The molecule has 12 nitrogen and oxygen atoms in total. The van der Waals surface area contributed by atoms with Crippen molar-refractivity contribution in [1.82, 2.24) is 39.0 Å². The van der Waals surface area contributed by atoms with Crippen LogP contribution in [0.4, 0.5) is 5.95 Å². The molecular formula is C23H37N9O3S. The normalized spacial score (nSPS) is 19.4. The zero-order chi connectivity index (χ0) is 25.9. The van der Waals surface area contributed by atoms with Crippen molar-refractivity contribution in [2.24, 2.45) is 5.92 Å². The standard InChI is InChI=1S/C23H37N9O3S/c1-6-30(5)9-7-11-36(33,34)31-10-8-19(17(4)14-31)27-23-28-22-21(35-16(2)3)20(18-12-25-26-13-18)24-15-32(22)29-23/h12-13,15-17,19H,6-11,14H2,1-5H3,(H,25,26)(H,27,29)/t17-,19?/m1/s1. The Kier molecular flexibility index (Phi) is 8.10. The van der Waals surface area contributed by atoms with Crippen LogP contribution in [-0.2, 0) is 10.0 Å². The van der Waals surface area contributed by atoms with Crippen molar-refractivity contribution >= 4 is 21.6 Å². The smallest absolute Gasteiger partial charge is 0.243 e. The highest BCUT2D eigenvalue weighted by Gasteiger charge is 2.33. The zero-order valence-electron chi connectivity index (χ0n) is 21.7. The second-order valence-electron chi connectivity index (χ2n) is 9.72. The number of nitrogens with one attached hydrogen (secondary N) is 2. The fourth-order valence-electron chi connectivity index (χ4n) is 4.37. The van der Waals surface area contributed by atoms with Gasteiger partial charge in [0.15, 0.2) is 5.75 Å². The Labute approximate surface area is 212 Å². The lowest BCUT2D eigenvalue weighted by atomic mass is 9.95. The number of ether oxygens (including phenoxy) is 1. The van der Waals surface area contributed by atoms with Gasteiger partial charge in [-0.2, -0.15) is 14.6 Å². The first-order valence-corrected chi connectivity index (χ1v) is 14.1. The number of nitrogens with zero attached hydrogens (tertiary/aromatic N) is 7. The molecule has 0 bridgehead atoms. The van der Waals surface area contributed by atoms with Crippen LogP contribution < -0.4 is 10.1 Å². The van der Waals surface area contributed by atoms with E-state index in [1.165, 1.54) is 0 Å². The predicted molar refractivity (Wildman–Crippen MR) is 138 cm³/mol. The largest absolute Gasteiger partial charge is 0.485 e. The van der Waals surface area contributed by atoms with Crippen LogP contribution >= 0.6 is 0 Å². The zero-order valence-corrected chi connectivity index (χ0v) is 22.5. The summed E-state index contributed by atoms with van der Waals surface area (Å²) >= 11 is 0. The molecule has 3 aromatic heterocycles. The Balaban J connectivity index is 1.46. The number of piperidine rings is 1. The number of aromatic amines is 1. The van der Waals surface area contributed by atoms with Crippen LogP contribution in [-0.4, -0.2) is 98.5 Å². The van der Waals surface area contributed by atoms with Crippen molar-refractivity contribution < 1.29 is 13.2 Å². The third-order valence-electron chi connectivity index (χ3n) is 6.53. The quantitative estimate of drug-likeness (QED) is 0.390. The third kappa shape index (κ3) is 5.95. The molecule has 0 aromatic carbocycles. The maximum Gasteiger partial charge on any atom is 0.243 e. The summed E-state index contributed by atoms with van der Waals surface area (Å²) in [5.74, 6) is 1.29. The summed E-state index contributed by atoms with van der Waals surface area (Å²) in [5.41, 5.74) is 2.00. The molecule has 4 rings (SSSR count). The van der Waals surface area contributed by atoms with Crippen LogP contribution in [0.1, 0.15) is 40.5 Å². The van der Waals surface area contributed by atoms with Gasteiger partial charge in [-0.1, -0.05) is 13.8 Å². The van der Waals surface area contributed by atoms with Crippen molar-refractivity contribution in [2.45, 2.75) is 52.7 Å². The number of anilines is 1. The molecule has 13 heteroatoms. The average molecular weight is 520 g/mol. The molecule has 4 heterocycles. The van der Waals surface area contributed by atoms with Gasteiger partial charge in [0.1, 0.15) is 12.0 Å². The third-order valence-corrected chi connectivity index (χ3v) is 8.45. The molecule has 0 radical (unpaired) electrons. The average Bonchev–Trinajstić information content (AvgIpc) is 3.50. The number of hydrogen-bond donors (Lipinski definition) is 2. The summed E-state index contributed by atoms with van der Waals surface area (Å²) in [5, 5.41) is 14.8. The van der Waals surface area contributed by atoms with E-state index in [0.29, 0.717) is 49.0 Å². The van der Waals surface area contributed by atoms with Gasteiger partial charge < -0.3 is 15.0 Å². The SMILES string of the molecule is CCN(C)CCCS(=O)(=O)N1CCC(Nc2nc3c(OC(C)C)c(-c4cn[nH]c4)ncn3n2)[C@H](C)C1. The Morgan fingerprint density at radius 3 is 2.83 bits per heavy atom. The van der Waals surface area contributed by atoms with E-state index in [-0.39, 0.29) is 23.8 Å². The Hall–Kier alpha value is -2.77. The van der Waals surface area contributed by atoms with Gasteiger partial charge in [0.2, 0.25) is 21.6 Å². The van der Waals surface area contributed by atoms with Gasteiger partial charge in [-0.25, -0.2) is 17.7 Å². The number of rotatable bonds is 11. The van der Waals surface area contributed by atoms with E-state index >= 15 is 0 Å². The predicted octanol–water partition coefficient (Wildman–Crippen LogP) is 2.10. The van der Waals surface area contributed by atoms with Crippen LogP contribution in [0.15, 0.2) is 18.7 Å². The van der Waals surface area contributed by atoms with E-state index in [4.69, 9.17) is 9.72 Å². The summed E-state index contributed by atoms with van der Waals surface area (Å²) in [6, 6.07) is 0.0517. The van der Waals surface area contributed by atoms with Gasteiger partial charge in [0.05, 0.1) is 18.1 Å². The van der Waals surface area contributed by atoms with E-state index in [2.05, 4.69) is 44.3 Å². The first-order valence-electron chi connectivity index (χ1n) is 12.5. The number of H-pyrrole nitrogens is 1. The second-order valence-corrected chi connectivity index (χ2v) is 11.8. The fraction of sp³-hybridized carbons (Fsp3) is 0.652. The number of sulfonamides is 1. The summed E-state index contributed by atoms with van der Waals surface area (Å²) in [4.78, 5) is 11.4. The molecule has 198 valence electrons. The van der Waals surface area contributed by atoms with Gasteiger partial charge in [-0.05, 0) is 52.7 Å². The van der Waals surface area contributed by atoms with Crippen LogP contribution in [0.5, 0.6) is 5.75 Å². The van der Waals surface area contributed by atoms with Gasteiger partial charge in [0.25, 0.3) is 0 Å². The van der Waals surface area contributed by atoms with Crippen molar-refractivity contribution in [3.63, 3.8) is 0 Å². The lowest BCUT2D eigenvalue weighted by molar-refractivity contribution is 0.244. The molecular weight excluding hydrogens is 482 g/mol. The lowest BCUT2D eigenvalue weighted by Gasteiger charge is -2.36. The molecule has 1 fully saturated rings. The van der Waals surface area contributed by atoms with Gasteiger partial charge >= 0.3 is 0 Å². The van der Waals surface area contributed by atoms with E-state index in [9.17, 15) is 8.42 Å². The summed E-state index contributed by atoms with van der Waals surface area (Å²) in [6.45, 7) is 10.7. The van der Waals surface area contributed by atoms with E-state index in [1.54, 1.807) is 27.5 Å². The van der Waals surface area contributed by atoms with Crippen LogP contribution in [0.2, 0.25) is 0 Å². The minimum absolute atomic E-state index is 0.0517. The summed E-state index contributed by atoms with van der Waals surface area (Å²) in [6.07, 6.45) is 6.29. The maximum absolute atomic E-state index is 12.9. The minimum Gasteiger partial charge on any atom is -0.485 e. The molecule has 1 aliphatic rings. The highest BCUT2D eigenvalue weighted by molar-refractivity contribution is 7.89. The second kappa shape index (κ2) is 11.1. The maximum atomic E-state index is 12.9. The molecule has 0 spiro atoms. The first kappa shape index (κ1) is 26.3. The molecule has 1 saturated heterocycles. The van der Waals surface area contributed by atoms with E-state index < -0.39 is 10.0 Å². The van der Waals surface area contributed by atoms with Crippen molar-refractivity contribution in [3.8, 4) is 17.0 Å². The molecule has 1 aliphatic heterocycles. The van der Waals surface area contributed by atoms with Crippen LogP contribution in [0.3, 0.4) is 0 Å². The number of hydrogen-bond acceptors (Lipinski definition) is 9. The Morgan fingerprint density at radius 2 is 2.17 bits per heavy atom. The highest BCUT2D eigenvalue weighted by Crippen LogP contribution is 2.32. The molecule has 2 atom stereocenters. The van der Waals surface area contributed by atoms with Crippen LogP contribution in [0, 0.1) is 5.92 Å². The van der Waals surface area contributed by atoms with Gasteiger partial charge in [0, 0.05) is 30.9 Å². The topological polar surface area (TPSA) is 134 Å². The molecule has 2 N–H and O–H groups in total. The molecule has 3 aromatic rings. The lowest BCUT2D eigenvalue weighted by Crippen LogP contribution is -2.48.